The first-order valence-corrected chi connectivity index (χ1v) is 6.25. The number of carboxylic acids is 1. The number of carbonyl (C=O) groups excluding carboxylic acids is 1. The van der Waals surface area contributed by atoms with Crippen molar-refractivity contribution in [2.75, 3.05) is 18.8 Å². The van der Waals surface area contributed by atoms with Crippen molar-refractivity contribution >= 4 is 17.6 Å². The number of aryl methyl sites for hydroxylation is 1. The van der Waals surface area contributed by atoms with E-state index in [1.165, 1.54) is 4.90 Å². The van der Waals surface area contributed by atoms with E-state index in [4.69, 9.17) is 10.8 Å². The SMILES string of the molecule is CCN(CC(C)C(=O)O)C(=O)c1cc(C)ccc1N. The number of carbonyl (C=O) groups is 2. The van der Waals surface area contributed by atoms with Gasteiger partial charge < -0.3 is 15.7 Å². The highest BCUT2D eigenvalue weighted by atomic mass is 16.4. The lowest BCUT2D eigenvalue weighted by atomic mass is 10.1. The molecule has 3 N–H and O–H groups in total. The van der Waals surface area contributed by atoms with Crippen LogP contribution in [0.3, 0.4) is 0 Å². The van der Waals surface area contributed by atoms with Gasteiger partial charge in [-0.2, -0.15) is 0 Å². The van der Waals surface area contributed by atoms with Gasteiger partial charge in [-0.1, -0.05) is 18.6 Å². The van der Waals surface area contributed by atoms with Crippen LogP contribution in [0.2, 0.25) is 0 Å². The smallest absolute Gasteiger partial charge is 0.308 e. The Kier molecular flexibility index (Phi) is 4.92. The lowest BCUT2D eigenvalue weighted by Crippen LogP contribution is -2.37. The third-order valence-electron chi connectivity index (χ3n) is 3.02. The molecule has 0 spiro atoms. The van der Waals surface area contributed by atoms with Crippen LogP contribution in [0.15, 0.2) is 18.2 Å². The van der Waals surface area contributed by atoms with E-state index in [2.05, 4.69) is 0 Å². The Morgan fingerprint density at radius 3 is 2.58 bits per heavy atom. The first-order valence-electron chi connectivity index (χ1n) is 6.25. The topological polar surface area (TPSA) is 83.6 Å². The van der Waals surface area contributed by atoms with E-state index in [1.54, 1.807) is 19.1 Å². The predicted octanol–water partition coefficient (Wildman–Crippen LogP) is 1.76. The molecule has 0 bridgehead atoms. The van der Waals surface area contributed by atoms with Gasteiger partial charge >= 0.3 is 5.97 Å². The number of rotatable bonds is 5. The molecule has 0 aromatic heterocycles. The number of nitrogens with zero attached hydrogens (tertiary/aromatic N) is 1. The zero-order valence-electron chi connectivity index (χ0n) is 11.5. The van der Waals surface area contributed by atoms with Crippen molar-refractivity contribution in [3.8, 4) is 0 Å². The van der Waals surface area contributed by atoms with E-state index in [0.29, 0.717) is 17.8 Å². The van der Waals surface area contributed by atoms with Crippen molar-refractivity contribution in [1.82, 2.24) is 4.90 Å². The maximum atomic E-state index is 12.4. The molecular formula is C14H20N2O3. The molecule has 0 aliphatic rings. The Balaban J connectivity index is 2.95. The molecule has 0 saturated carbocycles. The number of amides is 1. The second kappa shape index (κ2) is 6.22. The van der Waals surface area contributed by atoms with Crippen LogP contribution in [0, 0.1) is 12.8 Å². The van der Waals surface area contributed by atoms with Gasteiger partial charge in [0.25, 0.3) is 5.91 Å². The van der Waals surface area contributed by atoms with E-state index in [0.717, 1.165) is 5.56 Å². The van der Waals surface area contributed by atoms with E-state index >= 15 is 0 Å². The lowest BCUT2D eigenvalue weighted by molar-refractivity contribution is -0.141. The van der Waals surface area contributed by atoms with E-state index < -0.39 is 11.9 Å². The summed E-state index contributed by atoms with van der Waals surface area (Å²) in [4.78, 5) is 24.7. The monoisotopic (exact) mass is 264 g/mol. The van der Waals surface area contributed by atoms with Crippen LogP contribution in [-0.2, 0) is 4.79 Å². The van der Waals surface area contributed by atoms with Gasteiger partial charge in [-0.15, -0.1) is 0 Å². The van der Waals surface area contributed by atoms with E-state index in [-0.39, 0.29) is 12.5 Å². The molecule has 5 heteroatoms. The summed E-state index contributed by atoms with van der Waals surface area (Å²) in [5, 5.41) is 8.91. The maximum absolute atomic E-state index is 12.4. The molecule has 0 radical (unpaired) electrons. The number of hydrogen-bond acceptors (Lipinski definition) is 3. The molecule has 1 unspecified atom stereocenters. The molecule has 5 nitrogen and oxygen atoms in total. The van der Waals surface area contributed by atoms with Crippen LogP contribution in [0.4, 0.5) is 5.69 Å². The summed E-state index contributed by atoms with van der Waals surface area (Å²) >= 11 is 0. The Morgan fingerprint density at radius 1 is 1.42 bits per heavy atom. The van der Waals surface area contributed by atoms with Crippen molar-refractivity contribution in [2.45, 2.75) is 20.8 Å². The summed E-state index contributed by atoms with van der Waals surface area (Å²) in [6, 6.07) is 5.26. The van der Waals surface area contributed by atoms with Crippen LogP contribution >= 0.6 is 0 Å². The Morgan fingerprint density at radius 2 is 2.05 bits per heavy atom. The summed E-state index contributed by atoms with van der Waals surface area (Å²) < 4.78 is 0. The molecule has 0 fully saturated rings. The van der Waals surface area contributed by atoms with Gasteiger partial charge in [0, 0.05) is 18.8 Å². The first kappa shape index (κ1) is 15.0. The Hall–Kier alpha value is -2.04. The molecule has 19 heavy (non-hydrogen) atoms. The number of nitrogen functional groups attached to an aromatic ring is 1. The van der Waals surface area contributed by atoms with Gasteiger partial charge in [-0.3, -0.25) is 9.59 Å². The summed E-state index contributed by atoms with van der Waals surface area (Å²) in [6.45, 7) is 5.91. The Bertz CT molecular complexity index is 486. The van der Waals surface area contributed by atoms with Gasteiger partial charge in [-0.05, 0) is 26.0 Å². The van der Waals surface area contributed by atoms with Gasteiger partial charge in [0.1, 0.15) is 0 Å². The minimum atomic E-state index is -0.913. The van der Waals surface area contributed by atoms with Gasteiger partial charge in [0.05, 0.1) is 11.5 Å². The highest BCUT2D eigenvalue weighted by Gasteiger charge is 2.21. The fraction of sp³-hybridized carbons (Fsp3) is 0.429. The summed E-state index contributed by atoms with van der Waals surface area (Å²) in [5.41, 5.74) is 7.60. The van der Waals surface area contributed by atoms with Crippen molar-refractivity contribution in [3.63, 3.8) is 0 Å². The normalized spacial score (nSPS) is 11.9. The third kappa shape index (κ3) is 3.71. The zero-order chi connectivity index (χ0) is 14.6. The average Bonchev–Trinajstić information content (AvgIpc) is 2.37. The quantitative estimate of drug-likeness (QED) is 0.794. The third-order valence-corrected chi connectivity index (χ3v) is 3.02. The molecule has 0 saturated heterocycles. The minimum absolute atomic E-state index is 0.179. The maximum Gasteiger partial charge on any atom is 0.308 e. The number of benzene rings is 1. The molecule has 0 aliphatic carbocycles. The Labute approximate surface area is 113 Å². The van der Waals surface area contributed by atoms with Gasteiger partial charge in [-0.25, -0.2) is 0 Å². The first-order chi connectivity index (χ1) is 8.86. The fourth-order valence-electron chi connectivity index (χ4n) is 1.79. The van der Waals surface area contributed by atoms with E-state index in [1.807, 2.05) is 19.9 Å². The average molecular weight is 264 g/mol. The molecule has 1 atom stereocenters. The van der Waals surface area contributed by atoms with Crippen molar-refractivity contribution < 1.29 is 14.7 Å². The molecule has 1 aromatic carbocycles. The van der Waals surface area contributed by atoms with Crippen molar-refractivity contribution in [3.05, 3.63) is 29.3 Å². The van der Waals surface area contributed by atoms with Crippen LogP contribution < -0.4 is 5.73 Å². The molecule has 1 aromatic rings. The minimum Gasteiger partial charge on any atom is -0.481 e. The molecule has 1 rings (SSSR count). The van der Waals surface area contributed by atoms with Crippen molar-refractivity contribution in [2.24, 2.45) is 5.92 Å². The van der Waals surface area contributed by atoms with Crippen LogP contribution in [-0.4, -0.2) is 35.0 Å². The molecule has 104 valence electrons. The predicted molar refractivity (Wildman–Crippen MR) is 74.0 cm³/mol. The van der Waals surface area contributed by atoms with Crippen LogP contribution in [0.5, 0.6) is 0 Å². The van der Waals surface area contributed by atoms with Crippen LogP contribution in [0.1, 0.15) is 29.8 Å². The number of aliphatic carboxylic acids is 1. The van der Waals surface area contributed by atoms with Gasteiger partial charge in [0.15, 0.2) is 0 Å². The van der Waals surface area contributed by atoms with E-state index in [9.17, 15) is 9.59 Å². The highest BCUT2D eigenvalue weighted by Crippen LogP contribution is 2.17. The largest absolute Gasteiger partial charge is 0.481 e. The molecule has 1 amide bonds. The lowest BCUT2D eigenvalue weighted by Gasteiger charge is -2.23. The summed E-state index contributed by atoms with van der Waals surface area (Å²) in [7, 11) is 0. The molecular weight excluding hydrogens is 244 g/mol. The summed E-state index contributed by atoms with van der Waals surface area (Å²) in [5.74, 6) is -1.74. The van der Waals surface area contributed by atoms with Crippen molar-refractivity contribution in [1.29, 1.82) is 0 Å². The second-order valence-electron chi connectivity index (χ2n) is 4.67. The standard InChI is InChI=1S/C14H20N2O3/c1-4-16(8-10(3)14(18)19)13(17)11-7-9(2)5-6-12(11)15/h5-7,10H,4,8,15H2,1-3H3,(H,18,19). The summed E-state index contributed by atoms with van der Waals surface area (Å²) in [6.07, 6.45) is 0. The van der Waals surface area contributed by atoms with Crippen LogP contribution in [0.25, 0.3) is 0 Å². The zero-order valence-corrected chi connectivity index (χ0v) is 11.5. The molecule has 0 heterocycles. The fourth-order valence-corrected chi connectivity index (χ4v) is 1.79. The number of nitrogens with two attached hydrogens (primary N) is 1. The second-order valence-corrected chi connectivity index (χ2v) is 4.67. The number of carboxylic acid groups (broad SMARTS) is 1. The number of hydrogen-bond donors (Lipinski definition) is 2. The highest BCUT2D eigenvalue weighted by molar-refractivity contribution is 5.99. The molecule has 0 aliphatic heterocycles. The van der Waals surface area contributed by atoms with Gasteiger partial charge in [0.2, 0.25) is 0 Å². The number of anilines is 1.